The zero-order valence-electron chi connectivity index (χ0n) is 15.2. The molecule has 1 heterocycles. The third kappa shape index (κ3) is 2.56. The van der Waals surface area contributed by atoms with Crippen LogP contribution in [0.5, 0.6) is 0 Å². The number of fused-ring (bicyclic) bond motifs is 3. The summed E-state index contributed by atoms with van der Waals surface area (Å²) in [7, 11) is 0. The van der Waals surface area contributed by atoms with Gasteiger partial charge in [-0.05, 0) is 27.2 Å². The van der Waals surface area contributed by atoms with Crippen LogP contribution in [0, 0.1) is 17.3 Å². The maximum Gasteiger partial charge on any atom is 0.334 e. The number of hydrogen-bond donors (Lipinski definition) is 1. The highest BCUT2D eigenvalue weighted by Gasteiger charge is 2.62. The van der Waals surface area contributed by atoms with E-state index in [2.05, 4.69) is 6.58 Å². The van der Waals surface area contributed by atoms with Gasteiger partial charge >= 0.3 is 11.9 Å². The minimum absolute atomic E-state index is 0.185. The average molecular weight is 346 g/mol. The van der Waals surface area contributed by atoms with Crippen LogP contribution in [-0.2, 0) is 19.1 Å². The monoisotopic (exact) mass is 346 g/mol. The van der Waals surface area contributed by atoms with Gasteiger partial charge in [-0.25, -0.2) is 9.59 Å². The number of aliphatic hydroxyl groups excluding tert-OH is 1. The van der Waals surface area contributed by atoms with Gasteiger partial charge in [-0.2, -0.15) is 0 Å². The predicted octanol–water partition coefficient (Wildman–Crippen LogP) is 2.70. The van der Waals surface area contributed by atoms with E-state index in [-0.39, 0.29) is 29.9 Å². The lowest BCUT2D eigenvalue weighted by molar-refractivity contribution is -0.187. The Morgan fingerprint density at radius 3 is 2.84 bits per heavy atom. The zero-order valence-corrected chi connectivity index (χ0v) is 15.2. The molecule has 0 unspecified atom stereocenters. The highest BCUT2D eigenvalue weighted by molar-refractivity contribution is 5.91. The number of carbonyl (C=O) groups excluding carboxylic acids is 2. The maximum absolute atomic E-state index is 12.3. The summed E-state index contributed by atoms with van der Waals surface area (Å²) in [5, 5.41) is 11.0. The van der Waals surface area contributed by atoms with Crippen molar-refractivity contribution < 1.29 is 24.2 Å². The minimum Gasteiger partial charge on any atom is -0.458 e. The van der Waals surface area contributed by atoms with Crippen molar-refractivity contribution >= 4 is 11.9 Å². The van der Waals surface area contributed by atoms with Crippen LogP contribution in [-0.4, -0.2) is 35.4 Å². The Kier molecular flexibility index (Phi) is 4.40. The third-order valence-electron chi connectivity index (χ3n) is 6.39. The molecule has 25 heavy (non-hydrogen) atoms. The second-order valence-electron chi connectivity index (χ2n) is 7.65. The van der Waals surface area contributed by atoms with Crippen LogP contribution in [0.4, 0.5) is 0 Å². The van der Waals surface area contributed by atoms with Gasteiger partial charge in [-0.15, -0.1) is 0 Å². The van der Waals surface area contributed by atoms with E-state index in [1.54, 1.807) is 19.9 Å². The summed E-state index contributed by atoms with van der Waals surface area (Å²) in [6.07, 6.45) is 3.15. The van der Waals surface area contributed by atoms with Gasteiger partial charge in [0.2, 0.25) is 0 Å². The van der Waals surface area contributed by atoms with Gasteiger partial charge in [0.25, 0.3) is 0 Å². The van der Waals surface area contributed by atoms with Crippen molar-refractivity contribution in [1.29, 1.82) is 0 Å². The van der Waals surface area contributed by atoms with Crippen LogP contribution in [0.1, 0.15) is 40.5 Å². The molecule has 5 heteroatoms. The first-order valence-corrected chi connectivity index (χ1v) is 8.80. The topological polar surface area (TPSA) is 72.8 Å². The molecule has 6 atom stereocenters. The van der Waals surface area contributed by atoms with Crippen LogP contribution >= 0.6 is 0 Å². The van der Waals surface area contributed by atoms with Crippen LogP contribution in [0.25, 0.3) is 0 Å². The summed E-state index contributed by atoms with van der Waals surface area (Å²) in [6.45, 7) is 11.3. The van der Waals surface area contributed by atoms with Crippen LogP contribution in [0.15, 0.2) is 35.5 Å². The molecule has 0 spiro atoms. The lowest BCUT2D eigenvalue weighted by Gasteiger charge is -2.54. The molecular formula is C20H26O5. The van der Waals surface area contributed by atoms with E-state index >= 15 is 0 Å². The first-order chi connectivity index (χ1) is 11.7. The number of allylic oxidation sites excluding steroid dienone is 1. The average Bonchev–Trinajstić information content (AvgIpc) is 2.84. The SMILES string of the molecule is C=C1C(=O)O[C@@H]2[C@H]3C(C)=CC[C@@H](OC(=O)/C(C)=C\C)[C@]3(C)[C@H](O)C[C@@H]12. The summed E-state index contributed by atoms with van der Waals surface area (Å²) in [6, 6.07) is 0. The molecular weight excluding hydrogens is 320 g/mol. The van der Waals surface area contributed by atoms with E-state index in [0.717, 1.165) is 5.57 Å². The molecule has 1 aliphatic heterocycles. The maximum atomic E-state index is 12.3. The number of esters is 2. The largest absolute Gasteiger partial charge is 0.458 e. The Hall–Kier alpha value is -1.88. The minimum atomic E-state index is -0.711. The molecule has 3 aliphatic rings. The second kappa shape index (κ2) is 6.13. The standard InChI is InChI=1S/C20H26O5/c1-6-10(2)18(22)24-15-8-7-11(3)16-17-13(12(4)19(23)25-17)9-14(21)20(15,16)5/h6-7,13-17,21H,4,8-9H2,1-3,5H3/b10-6-/t13-,14+,15+,16+,17-,20-/m0/s1. The first-order valence-electron chi connectivity index (χ1n) is 8.80. The summed E-state index contributed by atoms with van der Waals surface area (Å²) in [4.78, 5) is 24.3. The molecule has 1 saturated heterocycles. The molecule has 0 bridgehead atoms. The Labute approximate surface area is 148 Å². The van der Waals surface area contributed by atoms with Crippen molar-refractivity contribution in [3.05, 3.63) is 35.5 Å². The summed E-state index contributed by atoms with van der Waals surface area (Å²) in [5.74, 6) is -1.14. The number of carbonyl (C=O) groups is 2. The molecule has 0 amide bonds. The third-order valence-corrected chi connectivity index (χ3v) is 6.39. The van der Waals surface area contributed by atoms with E-state index in [0.29, 0.717) is 24.0 Å². The molecule has 2 aliphatic carbocycles. The van der Waals surface area contributed by atoms with Crippen molar-refractivity contribution in [3.8, 4) is 0 Å². The van der Waals surface area contributed by atoms with Gasteiger partial charge < -0.3 is 14.6 Å². The lowest BCUT2D eigenvalue weighted by atomic mass is 9.54. The van der Waals surface area contributed by atoms with E-state index in [4.69, 9.17) is 9.47 Å². The summed E-state index contributed by atoms with van der Waals surface area (Å²) >= 11 is 0. The normalized spacial score (nSPS) is 40.8. The van der Waals surface area contributed by atoms with Crippen molar-refractivity contribution in [2.24, 2.45) is 17.3 Å². The Morgan fingerprint density at radius 2 is 2.20 bits per heavy atom. The van der Waals surface area contributed by atoms with Gasteiger partial charge in [0.15, 0.2) is 0 Å². The van der Waals surface area contributed by atoms with Gasteiger partial charge in [-0.1, -0.05) is 31.2 Å². The highest BCUT2D eigenvalue weighted by Crippen LogP contribution is 2.57. The Balaban J connectivity index is 1.98. The Morgan fingerprint density at radius 1 is 1.52 bits per heavy atom. The van der Waals surface area contributed by atoms with Crippen LogP contribution in [0.3, 0.4) is 0 Å². The molecule has 3 rings (SSSR count). The molecule has 0 aromatic carbocycles. The highest BCUT2D eigenvalue weighted by atomic mass is 16.6. The molecule has 0 radical (unpaired) electrons. The molecule has 2 fully saturated rings. The molecule has 1 N–H and O–H groups in total. The molecule has 0 aromatic rings. The van der Waals surface area contributed by atoms with Gasteiger partial charge in [0.1, 0.15) is 12.2 Å². The van der Waals surface area contributed by atoms with Gasteiger partial charge in [0.05, 0.1) is 6.10 Å². The smallest absolute Gasteiger partial charge is 0.334 e. The fourth-order valence-corrected chi connectivity index (χ4v) is 4.62. The van der Waals surface area contributed by atoms with Gasteiger partial charge in [0, 0.05) is 34.8 Å². The van der Waals surface area contributed by atoms with Crippen LogP contribution < -0.4 is 0 Å². The lowest BCUT2D eigenvalue weighted by Crippen LogP contribution is -2.60. The molecule has 1 saturated carbocycles. The van der Waals surface area contributed by atoms with Crippen LogP contribution in [0.2, 0.25) is 0 Å². The Bertz CT molecular complexity index is 688. The number of aliphatic hydroxyl groups is 1. The van der Waals surface area contributed by atoms with E-state index in [9.17, 15) is 14.7 Å². The number of hydrogen-bond acceptors (Lipinski definition) is 5. The van der Waals surface area contributed by atoms with Crippen molar-refractivity contribution in [1.82, 2.24) is 0 Å². The van der Waals surface area contributed by atoms with Crippen molar-refractivity contribution in [3.63, 3.8) is 0 Å². The van der Waals surface area contributed by atoms with E-state index < -0.39 is 17.6 Å². The first kappa shape index (κ1) is 17.9. The van der Waals surface area contributed by atoms with Crippen molar-refractivity contribution in [2.45, 2.75) is 58.8 Å². The summed E-state index contributed by atoms with van der Waals surface area (Å²) < 4.78 is 11.4. The fraction of sp³-hybridized carbons (Fsp3) is 0.600. The van der Waals surface area contributed by atoms with E-state index in [1.165, 1.54) is 0 Å². The van der Waals surface area contributed by atoms with Crippen molar-refractivity contribution in [2.75, 3.05) is 0 Å². The predicted molar refractivity (Wildman–Crippen MR) is 92.4 cm³/mol. The second-order valence-corrected chi connectivity index (χ2v) is 7.65. The molecule has 136 valence electrons. The quantitative estimate of drug-likeness (QED) is 0.473. The fourth-order valence-electron chi connectivity index (χ4n) is 4.62. The molecule has 5 nitrogen and oxygen atoms in total. The molecule has 0 aromatic heterocycles. The van der Waals surface area contributed by atoms with E-state index in [1.807, 2.05) is 19.9 Å². The summed E-state index contributed by atoms with van der Waals surface area (Å²) in [5.41, 5.74) is 1.33. The number of ether oxygens (including phenoxy) is 2. The van der Waals surface area contributed by atoms with Gasteiger partial charge in [-0.3, -0.25) is 0 Å². The zero-order chi connectivity index (χ0) is 18.5. The number of rotatable bonds is 2.